The molecule has 0 aliphatic heterocycles. The van der Waals surface area contributed by atoms with Gasteiger partial charge in [0.15, 0.2) is 18.9 Å². The van der Waals surface area contributed by atoms with E-state index in [9.17, 15) is 28.8 Å². The highest BCUT2D eigenvalue weighted by Gasteiger charge is 2.01. The van der Waals surface area contributed by atoms with Crippen molar-refractivity contribution in [2.75, 3.05) is 19.8 Å². The molecule has 0 atom stereocenters. The monoisotopic (exact) mass is 482 g/mol. The molecule has 3 N–H and O–H groups in total. The van der Waals surface area contributed by atoms with Crippen LogP contribution in [0.3, 0.4) is 0 Å². The van der Waals surface area contributed by atoms with E-state index in [1.54, 1.807) is 0 Å². The highest BCUT2D eigenvalue weighted by Crippen LogP contribution is 2.25. The number of phosphoric acid groups is 1. The van der Waals surface area contributed by atoms with Gasteiger partial charge in [0.25, 0.3) is 0 Å². The minimum atomic E-state index is -4.64. The molecule has 0 radical (unpaired) electrons. The van der Waals surface area contributed by atoms with Crippen LogP contribution in [0.25, 0.3) is 0 Å². The number of rotatable bonds is 9. The van der Waals surface area contributed by atoms with E-state index < -0.39 is 25.7 Å². The number of carbonyl (C=O) groups is 6. The fourth-order valence-corrected chi connectivity index (χ4v) is 0.699. The molecule has 0 rings (SSSR count). The molecule has 0 saturated heterocycles. The Morgan fingerprint density at radius 1 is 0.656 bits per heavy atom. The Balaban J connectivity index is -0.000000167. The van der Waals surface area contributed by atoms with E-state index in [-0.39, 0.29) is 19.8 Å². The summed E-state index contributed by atoms with van der Waals surface area (Å²) in [6.07, 6.45) is 1.54. The maximum Gasteiger partial charge on any atom is 0.466 e. The third-order valence-electron chi connectivity index (χ3n) is 1.89. The largest absolute Gasteiger partial charge is 0.466 e. The molecule has 0 aliphatic carbocycles. The second-order valence-electron chi connectivity index (χ2n) is 5.15. The van der Waals surface area contributed by atoms with Gasteiger partial charge in [-0.2, -0.15) is 0 Å². The Hall–Kier alpha value is -3.25. The van der Waals surface area contributed by atoms with Crippen molar-refractivity contribution in [1.29, 1.82) is 0 Å². The number of esters is 3. The van der Waals surface area contributed by atoms with Crippen molar-refractivity contribution < 1.29 is 62.2 Å². The van der Waals surface area contributed by atoms with Crippen LogP contribution in [-0.2, 0) is 47.5 Å². The zero-order valence-electron chi connectivity index (χ0n) is 17.8. The zero-order valence-corrected chi connectivity index (χ0v) is 18.7. The molecule has 0 spiro atoms. The van der Waals surface area contributed by atoms with E-state index in [1.807, 2.05) is 0 Å². The first-order valence-corrected chi connectivity index (χ1v) is 9.68. The SMILES string of the molecule is C=C(C)C(=O)OCC=O.C=C(C)C(=O)OCC=O.C=C(C)C(=O)OCC=O.O=P(O)(O)O. The van der Waals surface area contributed by atoms with Crippen molar-refractivity contribution >= 4 is 44.6 Å². The lowest BCUT2D eigenvalue weighted by Crippen LogP contribution is -2.06. The predicted octanol–water partition coefficient (Wildman–Crippen LogP) is -0.0148. The second kappa shape index (κ2) is 22.4. The Morgan fingerprint density at radius 2 is 0.812 bits per heavy atom. The summed E-state index contributed by atoms with van der Waals surface area (Å²) in [6.45, 7) is 13.9. The van der Waals surface area contributed by atoms with Crippen molar-refractivity contribution in [3.8, 4) is 0 Å². The molecular weight excluding hydrogens is 455 g/mol. The third kappa shape index (κ3) is 41.2. The first-order chi connectivity index (χ1) is 14.5. The molecule has 32 heavy (non-hydrogen) atoms. The van der Waals surface area contributed by atoms with Crippen LogP contribution in [0.1, 0.15) is 20.8 Å². The van der Waals surface area contributed by atoms with Crippen LogP contribution in [0.5, 0.6) is 0 Å². The van der Waals surface area contributed by atoms with Gasteiger partial charge in [-0.1, -0.05) is 19.7 Å². The van der Waals surface area contributed by atoms with Gasteiger partial charge in [-0.05, 0) is 20.8 Å². The van der Waals surface area contributed by atoms with Crippen molar-refractivity contribution in [3.63, 3.8) is 0 Å². The average Bonchev–Trinajstić information content (AvgIpc) is 2.67. The van der Waals surface area contributed by atoms with E-state index >= 15 is 0 Å². The van der Waals surface area contributed by atoms with Crippen LogP contribution >= 0.6 is 7.82 Å². The number of hydrogen-bond donors (Lipinski definition) is 3. The van der Waals surface area contributed by atoms with E-state index in [4.69, 9.17) is 19.2 Å². The smallest absolute Gasteiger partial charge is 0.455 e. The summed E-state index contributed by atoms with van der Waals surface area (Å²) in [7, 11) is -4.64. The highest BCUT2D eigenvalue weighted by atomic mass is 31.2. The highest BCUT2D eigenvalue weighted by molar-refractivity contribution is 7.45. The van der Waals surface area contributed by atoms with Crippen LogP contribution in [-0.4, -0.2) is 71.3 Å². The van der Waals surface area contributed by atoms with Crippen LogP contribution in [0.4, 0.5) is 0 Å². The molecule has 0 aromatic rings. The van der Waals surface area contributed by atoms with E-state index in [1.165, 1.54) is 20.8 Å². The summed E-state index contributed by atoms with van der Waals surface area (Å²) in [6, 6.07) is 0. The Bertz CT molecular complexity index is 629. The Morgan fingerprint density at radius 3 is 0.906 bits per heavy atom. The molecule has 14 heteroatoms. The third-order valence-corrected chi connectivity index (χ3v) is 1.89. The van der Waals surface area contributed by atoms with E-state index in [0.29, 0.717) is 35.6 Å². The van der Waals surface area contributed by atoms with Crippen molar-refractivity contribution in [2.24, 2.45) is 0 Å². The van der Waals surface area contributed by atoms with Gasteiger partial charge in [-0.25, -0.2) is 18.9 Å². The molecule has 13 nitrogen and oxygen atoms in total. The van der Waals surface area contributed by atoms with E-state index in [0.717, 1.165) is 0 Å². The fraction of sp³-hybridized carbons (Fsp3) is 0.333. The van der Waals surface area contributed by atoms with Gasteiger partial charge in [-0.3, -0.25) is 14.4 Å². The lowest BCUT2D eigenvalue weighted by atomic mass is 10.4. The second-order valence-corrected chi connectivity index (χ2v) is 6.18. The molecular formula is C18H27O13P. The molecule has 0 aliphatic rings. The maximum absolute atomic E-state index is 10.4. The summed E-state index contributed by atoms with van der Waals surface area (Å²) in [5.74, 6) is -1.58. The van der Waals surface area contributed by atoms with Crippen molar-refractivity contribution in [2.45, 2.75) is 20.8 Å². The van der Waals surface area contributed by atoms with Crippen LogP contribution in [0, 0.1) is 0 Å². The minimum absolute atomic E-state index is 0.189. The summed E-state index contributed by atoms with van der Waals surface area (Å²) < 4.78 is 21.9. The van der Waals surface area contributed by atoms with Gasteiger partial charge in [0.1, 0.15) is 19.8 Å². The molecule has 0 amide bonds. The topological polar surface area (TPSA) is 208 Å². The van der Waals surface area contributed by atoms with Gasteiger partial charge in [0.2, 0.25) is 0 Å². The van der Waals surface area contributed by atoms with Crippen LogP contribution in [0.15, 0.2) is 36.5 Å². The normalized spacial score (nSPS) is 8.69. The van der Waals surface area contributed by atoms with Crippen molar-refractivity contribution in [1.82, 2.24) is 0 Å². The predicted molar refractivity (Wildman–Crippen MR) is 110 cm³/mol. The standard InChI is InChI=1S/3C6H8O3.H3O4P/c3*1-5(2)6(8)9-4-3-7;1-5(2,3)4/h3*3H,1,4H2,2H3;(H3,1,2,3,4). The van der Waals surface area contributed by atoms with Gasteiger partial charge < -0.3 is 28.9 Å². The number of hydrogen-bond acceptors (Lipinski definition) is 10. The molecule has 0 unspecified atom stereocenters. The quantitative estimate of drug-likeness (QED) is 0.130. The van der Waals surface area contributed by atoms with Gasteiger partial charge >= 0.3 is 25.7 Å². The Kier molecular flexibility index (Phi) is 25.3. The maximum atomic E-state index is 10.4. The molecule has 0 aromatic heterocycles. The lowest BCUT2D eigenvalue weighted by molar-refractivity contribution is -0.141. The lowest BCUT2D eigenvalue weighted by Gasteiger charge is -1.96. The summed E-state index contributed by atoms with van der Waals surface area (Å²) >= 11 is 0. The summed E-state index contributed by atoms with van der Waals surface area (Å²) in [4.78, 5) is 81.7. The number of ether oxygens (including phenoxy) is 3. The van der Waals surface area contributed by atoms with Crippen LogP contribution < -0.4 is 0 Å². The molecule has 0 bridgehead atoms. The van der Waals surface area contributed by atoms with Gasteiger partial charge in [0, 0.05) is 16.7 Å². The van der Waals surface area contributed by atoms with Gasteiger partial charge in [0.05, 0.1) is 0 Å². The number of carbonyl (C=O) groups excluding carboxylic acids is 6. The molecule has 0 aromatic carbocycles. The fourth-order valence-electron chi connectivity index (χ4n) is 0.699. The van der Waals surface area contributed by atoms with Crippen molar-refractivity contribution in [3.05, 3.63) is 36.5 Å². The molecule has 182 valence electrons. The first-order valence-electron chi connectivity index (χ1n) is 8.12. The molecule has 0 heterocycles. The molecule has 0 fully saturated rings. The zero-order chi connectivity index (χ0) is 26.3. The summed E-state index contributed by atoms with van der Waals surface area (Å²) in [5.41, 5.74) is 0.908. The van der Waals surface area contributed by atoms with Gasteiger partial charge in [-0.15, -0.1) is 0 Å². The summed E-state index contributed by atoms with van der Waals surface area (Å²) in [5, 5.41) is 0. The van der Waals surface area contributed by atoms with Crippen LogP contribution in [0.2, 0.25) is 0 Å². The average molecular weight is 482 g/mol. The minimum Gasteiger partial charge on any atom is -0.455 e. The Labute approximate surface area is 184 Å². The number of aldehydes is 3. The first kappa shape index (κ1) is 36.1. The van der Waals surface area contributed by atoms with E-state index in [2.05, 4.69) is 33.9 Å². The molecule has 0 saturated carbocycles.